The first-order chi connectivity index (χ1) is 19.0. The molecule has 0 fully saturated rings. The Labute approximate surface area is 236 Å². The smallest absolute Gasteiger partial charge is 0.264 e. The number of ether oxygens (including phenoxy) is 2. The molecule has 0 unspecified atom stereocenters. The first-order valence-corrected chi connectivity index (χ1v) is 14.4. The zero-order valence-electron chi connectivity index (χ0n) is 23.8. The van der Waals surface area contributed by atoms with Gasteiger partial charge in [-0.25, -0.2) is 8.42 Å². The number of nitrogens with zero attached hydrogens (tertiary/aromatic N) is 2. The van der Waals surface area contributed by atoms with Gasteiger partial charge in [-0.05, 0) is 75.2 Å². The Morgan fingerprint density at radius 1 is 0.900 bits per heavy atom. The molecule has 10 heteroatoms. The van der Waals surface area contributed by atoms with Crippen molar-refractivity contribution >= 4 is 27.5 Å². The van der Waals surface area contributed by atoms with Crippen LogP contribution in [0, 0.1) is 13.8 Å². The van der Waals surface area contributed by atoms with Crippen molar-refractivity contribution < 1.29 is 27.5 Å². The SMILES string of the molecule is CCNC(=O)[C@@H](C)N(Cc1ccc(OC)cc1)C(=O)CN(c1cc(C)ccc1OC)S(=O)(=O)c1ccc(C)cc1. The molecule has 1 atom stereocenters. The zero-order valence-corrected chi connectivity index (χ0v) is 24.6. The van der Waals surface area contributed by atoms with Crippen molar-refractivity contribution in [2.45, 2.75) is 45.2 Å². The molecule has 0 heterocycles. The van der Waals surface area contributed by atoms with Gasteiger partial charge in [0.05, 0.1) is 24.8 Å². The molecule has 1 N–H and O–H groups in total. The average Bonchev–Trinajstić information content (AvgIpc) is 2.94. The molecule has 0 bridgehead atoms. The normalized spacial score (nSPS) is 11.8. The molecular formula is C30H37N3O6S. The number of hydrogen-bond acceptors (Lipinski definition) is 6. The van der Waals surface area contributed by atoms with Crippen LogP contribution < -0.4 is 19.1 Å². The van der Waals surface area contributed by atoms with E-state index in [1.165, 1.54) is 24.1 Å². The number of rotatable bonds is 12. The van der Waals surface area contributed by atoms with Crippen LogP contribution in [0.2, 0.25) is 0 Å². The highest BCUT2D eigenvalue weighted by Crippen LogP contribution is 2.34. The molecule has 0 saturated carbocycles. The van der Waals surface area contributed by atoms with E-state index in [0.717, 1.165) is 21.0 Å². The zero-order chi connectivity index (χ0) is 29.4. The van der Waals surface area contributed by atoms with Crippen LogP contribution in [-0.2, 0) is 26.2 Å². The Hall–Kier alpha value is -4.05. The maximum Gasteiger partial charge on any atom is 0.264 e. The van der Waals surface area contributed by atoms with Gasteiger partial charge < -0.3 is 19.7 Å². The second-order valence-electron chi connectivity index (χ2n) is 9.44. The highest BCUT2D eigenvalue weighted by atomic mass is 32.2. The van der Waals surface area contributed by atoms with Crippen LogP contribution in [0.3, 0.4) is 0 Å². The number of methoxy groups -OCH3 is 2. The fourth-order valence-corrected chi connectivity index (χ4v) is 5.59. The van der Waals surface area contributed by atoms with Crippen LogP contribution >= 0.6 is 0 Å². The van der Waals surface area contributed by atoms with Crippen LogP contribution in [-0.4, -0.2) is 58.5 Å². The number of carbonyl (C=O) groups is 2. The van der Waals surface area contributed by atoms with Gasteiger partial charge in [-0.3, -0.25) is 13.9 Å². The van der Waals surface area contributed by atoms with Crippen molar-refractivity contribution in [2.24, 2.45) is 0 Å². The second-order valence-corrected chi connectivity index (χ2v) is 11.3. The van der Waals surface area contributed by atoms with Gasteiger partial charge in [0.25, 0.3) is 10.0 Å². The molecule has 3 rings (SSSR count). The molecule has 3 aromatic carbocycles. The predicted octanol–water partition coefficient (Wildman–Crippen LogP) is 4.07. The van der Waals surface area contributed by atoms with Gasteiger partial charge in [0.15, 0.2) is 0 Å². The Morgan fingerprint density at radius 2 is 1.52 bits per heavy atom. The largest absolute Gasteiger partial charge is 0.497 e. The van der Waals surface area contributed by atoms with Gasteiger partial charge in [-0.2, -0.15) is 0 Å². The lowest BCUT2D eigenvalue weighted by Crippen LogP contribution is -2.51. The average molecular weight is 568 g/mol. The maximum atomic E-state index is 14.0. The van der Waals surface area contributed by atoms with E-state index >= 15 is 0 Å². The molecule has 0 aliphatic heterocycles. The summed E-state index contributed by atoms with van der Waals surface area (Å²) in [5.74, 6) is 0.0622. The quantitative estimate of drug-likeness (QED) is 0.354. The van der Waals surface area contributed by atoms with Crippen LogP contribution in [0.5, 0.6) is 11.5 Å². The molecule has 9 nitrogen and oxygen atoms in total. The van der Waals surface area contributed by atoms with Crippen molar-refractivity contribution in [3.63, 3.8) is 0 Å². The number of likely N-dealkylation sites (N-methyl/N-ethyl adjacent to an activating group) is 1. The number of anilines is 1. The van der Waals surface area contributed by atoms with Gasteiger partial charge in [0, 0.05) is 13.1 Å². The highest BCUT2D eigenvalue weighted by Gasteiger charge is 2.33. The van der Waals surface area contributed by atoms with Gasteiger partial charge in [0.2, 0.25) is 11.8 Å². The van der Waals surface area contributed by atoms with Gasteiger partial charge in [0.1, 0.15) is 24.1 Å². The summed E-state index contributed by atoms with van der Waals surface area (Å²) in [5, 5.41) is 2.75. The van der Waals surface area contributed by atoms with Crippen LogP contribution in [0.15, 0.2) is 71.6 Å². The highest BCUT2D eigenvalue weighted by molar-refractivity contribution is 7.92. The van der Waals surface area contributed by atoms with E-state index in [1.807, 2.05) is 13.8 Å². The van der Waals surface area contributed by atoms with Crippen molar-refractivity contribution in [2.75, 3.05) is 31.6 Å². The van der Waals surface area contributed by atoms with Crippen molar-refractivity contribution in [1.29, 1.82) is 0 Å². The third-order valence-corrected chi connectivity index (χ3v) is 8.30. The lowest BCUT2D eigenvalue weighted by Gasteiger charge is -2.32. The number of carbonyl (C=O) groups excluding carboxylic acids is 2. The number of sulfonamides is 1. The number of nitrogens with one attached hydrogen (secondary N) is 1. The minimum atomic E-state index is -4.20. The van der Waals surface area contributed by atoms with Gasteiger partial charge in [-0.1, -0.05) is 35.9 Å². The summed E-state index contributed by atoms with van der Waals surface area (Å²) in [5.41, 5.74) is 2.67. The van der Waals surface area contributed by atoms with E-state index in [-0.39, 0.29) is 23.0 Å². The molecule has 3 aromatic rings. The first-order valence-electron chi connectivity index (χ1n) is 13.0. The summed E-state index contributed by atoms with van der Waals surface area (Å²) in [4.78, 5) is 28.3. The van der Waals surface area contributed by atoms with Crippen LogP contribution in [0.25, 0.3) is 0 Å². The lowest BCUT2D eigenvalue weighted by atomic mass is 10.1. The maximum absolute atomic E-state index is 14.0. The molecular weight excluding hydrogens is 530 g/mol. The molecule has 0 aliphatic rings. The molecule has 0 saturated heterocycles. The fourth-order valence-electron chi connectivity index (χ4n) is 4.18. The molecule has 0 aliphatic carbocycles. The number of aryl methyl sites for hydroxylation is 2. The Morgan fingerprint density at radius 3 is 2.10 bits per heavy atom. The number of amides is 2. The Balaban J connectivity index is 2.09. The predicted molar refractivity (Wildman–Crippen MR) is 155 cm³/mol. The molecule has 0 aromatic heterocycles. The van der Waals surface area contributed by atoms with E-state index in [4.69, 9.17) is 9.47 Å². The number of benzene rings is 3. The fraction of sp³-hybridized carbons (Fsp3) is 0.333. The first kappa shape index (κ1) is 30.5. The van der Waals surface area contributed by atoms with Crippen molar-refractivity contribution in [3.05, 3.63) is 83.4 Å². The summed E-state index contributed by atoms with van der Waals surface area (Å²) in [6, 6.07) is 17.8. The van der Waals surface area contributed by atoms with Crippen molar-refractivity contribution in [3.8, 4) is 11.5 Å². The monoisotopic (exact) mass is 567 g/mol. The second kappa shape index (κ2) is 13.3. The summed E-state index contributed by atoms with van der Waals surface area (Å²) in [6.07, 6.45) is 0. The van der Waals surface area contributed by atoms with Gasteiger partial charge in [-0.15, -0.1) is 0 Å². The molecule has 0 spiro atoms. The van der Waals surface area contributed by atoms with E-state index in [9.17, 15) is 18.0 Å². The minimum absolute atomic E-state index is 0.0351. The van der Waals surface area contributed by atoms with Gasteiger partial charge >= 0.3 is 0 Å². The third-order valence-electron chi connectivity index (χ3n) is 6.52. The van der Waals surface area contributed by atoms with E-state index in [1.54, 1.807) is 75.6 Å². The summed E-state index contributed by atoms with van der Waals surface area (Å²) < 4.78 is 39.8. The standard InChI is InChI=1S/C30H37N3O6S/c1-7-31-30(35)23(4)32(19-24-11-13-25(38-5)14-12-24)29(34)20-33(27-18-22(3)10-17-28(27)39-6)40(36,37)26-15-8-21(2)9-16-26/h8-18,23H,7,19-20H2,1-6H3,(H,31,35)/t23-/m1/s1. The molecule has 214 valence electrons. The summed E-state index contributed by atoms with van der Waals surface area (Å²) in [6.45, 7) is 7.04. The molecule has 0 radical (unpaired) electrons. The van der Waals surface area contributed by atoms with Crippen molar-refractivity contribution in [1.82, 2.24) is 10.2 Å². The van der Waals surface area contributed by atoms with E-state index in [0.29, 0.717) is 18.0 Å². The lowest BCUT2D eigenvalue weighted by molar-refractivity contribution is -0.139. The third kappa shape index (κ3) is 7.12. The molecule has 2 amide bonds. The topological polar surface area (TPSA) is 105 Å². The van der Waals surface area contributed by atoms with E-state index < -0.39 is 28.5 Å². The Bertz CT molecular complexity index is 1420. The summed E-state index contributed by atoms with van der Waals surface area (Å²) >= 11 is 0. The van der Waals surface area contributed by atoms with E-state index in [2.05, 4.69) is 5.32 Å². The van der Waals surface area contributed by atoms with Crippen LogP contribution in [0.4, 0.5) is 5.69 Å². The van der Waals surface area contributed by atoms with Crippen LogP contribution in [0.1, 0.15) is 30.5 Å². The Kier molecular flexibility index (Phi) is 10.2. The summed E-state index contributed by atoms with van der Waals surface area (Å²) in [7, 11) is -1.19. The minimum Gasteiger partial charge on any atom is -0.497 e. The number of hydrogen-bond donors (Lipinski definition) is 1. The molecule has 40 heavy (non-hydrogen) atoms.